The monoisotopic (exact) mass is 397 g/mol. The van der Waals surface area contributed by atoms with E-state index in [9.17, 15) is 14.4 Å². The quantitative estimate of drug-likeness (QED) is 0.781. The number of rotatable bonds is 6. The summed E-state index contributed by atoms with van der Waals surface area (Å²) >= 11 is 0. The Kier molecular flexibility index (Phi) is 6.01. The first kappa shape index (κ1) is 20.2. The molecule has 1 aliphatic heterocycles. The van der Waals surface area contributed by atoms with E-state index < -0.39 is 5.92 Å². The van der Waals surface area contributed by atoms with Gasteiger partial charge in [-0.2, -0.15) is 0 Å². The molecule has 2 aromatic carbocycles. The molecule has 0 bridgehead atoms. The summed E-state index contributed by atoms with van der Waals surface area (Å²) in [7, 11) is 3.07. The Balaban J connectivity index is 1.72. The van der Waals surface area contributed by atoms with Gasteiger partial charge in [0, 0.05) is 31.3 Å². The maximum Gasteiger partial charge on any atom is 0.229 e. The average molecular weight is 397 g/mol. The highest BCUT2D eigenvalue weighted by molar-refractivity contribution is 6.04. The van der Waals surface area contributed by atoms with Gasteiger partial charge < -0.3 is 25.0 Å². The molecule has 0 radical (unpaired) electrons. The Morgan fingerprint density at radius 2 is 1.76 bits per heavy atom. The topological polar surface area (TPSA) is 97.0 Å². The molecule has 1 fully saturated rings. The smallest absolute Gasteiger partial charge is 0.229 e. The molecule has 29 heavy (non-hydrogen) atoms. The molecule has 8 nitrogen and oxygen atoms in total. The standard InChI is InChI=1S/C21H23N3O5/c1-13(25)22-15-4-9-19(29-3)18(11-15)23-21(27)14-10-20(26)24(12-14)16-5-7-17(28-2)8-6-16/h4-9,11,14H,10,12H2,1-3H3,(H,22,25)(H,23,27)/t14-/m1/s1. The first-order valence-electron chi connectivity index (χ1n) is 9.12. The zero-order chi connectivity index (χ0) is 21.0. The van der Waals surface area contributed by atoms with Crippen molar-refractivity contribution in [2.24, 2.45) is 5.92 Å². The number of anilines is 3. The SMILES string of the molecule is COc1ccc(N2C[C@H](C(=O)Nc3cc(NC(C)=O)ccc3OC)CC2=O)cc1. The van der Waals surface area contributed by atoms with Crippen LogP contribution in [0.3, 0.4) is 0 Å². The molecule has 2 aromatic rings. The molecule has 1 aliphatic rings. The van der Waals surface area contributed by atoms with Crippen LogP contribution in [0.25, 0.3) is 0 Å². The van der Waals surface area contributed by atoms with E-state index in [1.807, 2.05) is 0 Å². The van der Waals surface area contributed by atoms with E-state index in [1.165, 1.54) is 14.0 Å². The summed E-state index contributed by atoms with van der Waals surface area (Å²) in [5, 5.41) is 5.48. The second-order valence-electron chi connectivity index (χ2n) is 6.69. The van der Waals surface area contributed by atoms with Crippen molar-refractivity contribution in [2.45, 2.75) is 13.3 Å². The first-order chi connectivity index (χ1) is 13.9. The van der Waals surface area contributed by atoms with Gasteiger partial charge in [-0.05, 0) is 42.5 Å². The Bertz CT molecular complexity index is 926. The lowest BCUT2D eigenvalue weighted by atomic mass is 10.1. The molecule has 0 saturated carbocycles. The number of hydrogen-bond donors (Lipinski definition) is 2. The largest absolute Gasteiger partial charge is 0.497 e. The zero-order valence-electron chi connectivity index (χ0n) is 16.5. The molecule has 3 rings (SSSR count). The van der Waals surface area contributed by atoms with Crippen LogP contribution in [-0.4, -0.2) is 38.5 Å². The molecule has 0 aromatic heterocycles. The van der Waals surface area contributed by atoms with Crippen LogP contribution in [0.15, 0.2) is 42.5 Å². The van der Waals surface area contributed by atoms with Crippen LogP contribution >= 0.6 is 0 Å². The van der Waals surface area contributed by atoms with E-state index in [4.69, 9.17) is 9.47 Å². The molecule has 0 aliphatic carbocycles. The predicted molar refractivity (Wildman–Crippen MR) is 109 cm³/mol. The van der Waals surface area contributed by atoms with E-state index in [1.54, 1.807) is 54.5 Å². The highest BCUT2D eigenvalue weighted by Gasteiger charge is 2.35. The van der Waals surface area contributed by atoms with E-state index in [0.717, 1.165) is 5.69 Å². The van der Waals surface area contributed by atoms with Gasteiger partial charge in [-0.3, -0.25) is 14.4 Å². The van der Waals surface area contributed by atoms with Crippen molar-refractivity contribution in [2.75, 3.05) is 36.3 Å². The lowest BCUT2D eigenvalue weighted by molar-refractivity contribution is -0.122. The number of carbonyl (C=O) groups is 3. The summed E-state index contributed by atoms with van der Waals surface area (Å²) in [6, 6.07) is 12.1. The molecule has 1 saturated heterocycles. The van der Waals surface area contributed by atoms with E-state index in [-0.39, 0.29) is 30.7 Å². The van der Waals surface area contributed by atoms with Crippen LogP contribution < -0.4 is 25.0 Å². The molecular weight excluding hydrogens is 374 g/mol. The molecule has 2 N–H and O–H groups in total. The molecule has 1 heterocycles. The lowest BCUT2D eigenvalue weighted by Crippen LogP contribution is -2.28. The van der Waals surface area contributed by atoms with Crippen LogP contribution in [-0.2, 0) is 14.4 Å². The van der Waals surface area contributed by atoms with Crippen molar-refractivity contribution < 1.29 is 23.9 Å². The third-order valence-corrected chi connectivity index (χ3v) is 4.66. The minimum atomic E-state index is -0.501. The van der Waals surface area contributed by atoms with Gasteiger partial charge in [0.05, 0.1) is 25.8 Å². The summed E-state index contributed by atoms with van der Waals surface area (Å²) < 4.78 is 10.4. The van der Waals surface area contributed by atoms with Crippen molar-refractivity contribution >= 4 is 34.8 Å². The van der Waals surface area contributed by atoms with E-state index in [2.05, 4.69) is 10.6 Å². The molecule has 0 unspecified atom stereocenters. The van der Waals surface area contributed by atoms with Crippen LogP contribution in [0, 0.1) is 5.92 Å². The van der Waals surface area contributed by atoms with Crippen molar-refractivity contribution in [3.63, 3.8) is 0 Å². The normalized spacial score (nSPS) is 15.8. The fraction of sp³-hybridized carbons (Fsp3) is 0.286. The maximum atomic E-state index is 12.8. The number of nitrogens with zero attached hydrogens (tertiary/aromatic N) is 1. The van der Waals surface area contributed by atoms with Crippen LogP contribution in [0.1, 0.15) is 13.3 Å². The molecular formula is C21H23N3O5. The Hall–Kier alpha value is -3.55. The van der Waals surface area contributed by atoms with Crippen molar-refractivity contribution in [1.29, 1.82) is 0 Å². The minimum absolute atomic E-state index is 0.116. The van der Waals surface area contributed by atoms with E-state index in [0.29, 0.717) is 22.9 Å². The highest BCUT2D eigenvalue weighted by Crippen LogP contribution is 2.31. The number of benzene rings is 2. The molecule has 0 spiro atoms. The van der Waals surface area contributed by atoms with Gasteiger partial charge in [-0.15, -0.1) is 0 Å². The van der Waals surface area contributed by atoms with Gasteiger partial charge in [0.2, 0.25) is 17.7 Å². The molecule has 8 heteroatoms. The first-order valence-corrected chi connectivity index (χ1v) is 9.12. The summed E-state index contributed by atoms with van der Waals surface area (Å²) in [4.78, 5) is 38.1. The van der Waals surface area contributed by atoms with Gasteiger partial charge in [0.1, 0.15) is 11.5 Å². The van der Waals surface area contributed by atoms with E-state index >= 15 is 0 Å². The molecule has 1 atom stereocenters. The number of methoxy groups -OCH3 is 2. The predicted octanol–water partition coefficient (Wildman–Crippen LogP) is 2.65. The van der Waals surface area contributed by atoms with Gasteiger partial charge in [0.15, 0.2) is 0 Å². The fourth-order valence-corrected chi connectivity index (χ4v) is 3.22. The van der Waals surface area contributed by atoms with Crippen molar-refractivity contribution in [3.05, 3.63) is 42.5 Å². The van der Waals surface area contributed by atoms with Crippen LogP contribution in [0.5, 0.6) is 11.5 Å². The number of carbonyl (C=O) groups excluding carboxylic acids is 3. The summed E-state index contributed by atoms with van der Waals surface area (Å²) in [6.45, 7) is 1.69. The van der Waals surface area contributed by atoms with Crippen molar-refractivity contribution in [3.8, 4) is 11.5 Å². The minimum Gasteiger partial charge on any atom is -0.497 e. The van der Waals surface area contributed by atoms with Gasteiger partial charge in [-0.25, -0.2) is 0 Å². The third-order valence-electron chi connectivity index (χ3n) is 4.66. The number of amides is 3. The van der Waals surface area contributed by atoms with Crippen LogP contribution in [0.4, 0.5) is 17.1 Å². The summed E-state index contributed by atoms with van der Waals surface area (Å²) in [5.41, 5.74) is 1.69. The Morgan fingerprint density at radius 3 is 2.38 bits per heavy atom. The number of hydrogen-bond acceptors (Lipinski definition) is 5. The Labute approximate surface area is 168 Å². The Morgan fingerprint density at radius 1 is 1.03 bits per heavy atom. The lowest BCUT2D eigenvalue weighted by Gasteiger charge is -2.17. The van der Waals surface area contributed by atoms with Crippen molar-refractivity contribution in [1.82, 2.24) is 0 Å². The van der Waals surface area contributed by atoms with Crippen LogP contribution in [0.2, 0.25) is 0 Å². The fourth-order valence-electron chi connectivity index (χ4n) is 3.22. The average Bonchev–Trinajstić information content (AvgIpc) is 3.09. The van der Waals surface area contributed by atoms with Gasteiger partial charge in [0.25, 0.3) is 0 Å². The molecule has 3 amide bonds. The summed E-state index contributed by atoms with van der Waals surface area (Å²) in [5.74, 6) is 0.0363. The summed E-state index contributed by atoms with van der Waals surface area (Å²) in [6.07, 6.45) is 0.117. The second-order valence-corrected chi connectivity index (χ2v) is 6.69. The highest BCUT2D eigenvalue weighted by atomic mass is 16.5. The van der Waals surface area contributed by atoms with Gasteiger partial charge in [-0.1, -0.05) is 0 Å². The molecule has 152 valence electrons. The third kappa shape index (κ3) is 4.66. The number of nitrogens with one attached hydrogen (secondary N) is 2. The second kappa shape index (κ2) is 8.64. The zero-order valence-corrected chi connectivity index (χ0v) is 16.5. The maximum absolute atomic E-state index is 12.8. The number of ether oxygens (including phenoxy) is 2. The van der Waals surface area contributed by atoms with Gasteiger partial charge >= 0.3 is 0 Å².